The summed E-state index contributed by atoms with van der Waals surface area (Å²) in [6.45, 7) is 1.65. The number of phenols is 1. The van der Waals surface area contributed by atoms with Gasteiger partial charge in [0, 0.05) is 17.1 Å². The highest BCUT2D eigenvalue weighted by Gasteiger charge is 2.70. The van der Waals surface area contributed by atoms with Crippen molar-refractivity contribution in [3.05, 3.63) is 98.7 Å². The van der Waals surface area contributed by atoms with Gasteiger partial charge in [-0.15, -0.1) is 0 Å². The van der Waals surface area contributed by atoms with Gasteiger partial charge in [0.25, 0.3) is 11.8 Å². The molecule has 7 rings (SSSR count). The van der Waals surface area contributed by atoms with Gasteiger partial charge in [0.15, 0.2) is 5.82 Å². The van der Waals surface area contributed by atoms with Crippen LogP contribution < -0.4 is 11.2 Å². The monoisotopic (exact) mass is 727 g/mol. The number of halogens is 5. The maximum Gasteiger partial charge on any atom is 0.417 e. The summed E-state index contributed by atoms with van der Waals surface area (Å²) in [5.41, 5.74) is 6.95. The Morgan fingerprint density at radius 3 is 2.34 bits per heavy atom. The van der Waals surface area contributed by atoms with Crippen LogP contribution in [0.25, 0.3) is 0 Å². The number of nitrogens with two attached hydrogens (primary N) is 1. The molecule has 3 fully saturated rings. The molecule has 6 unspecified atom stereocenters. The number of likely N-dealkylation sites (tertiary alicyclic amines) is 1. The van der Waals surface area contributed by atoms with Crippen LogP contribution in [0.1, 0.15) is 41.0 Å². The highest BCUT2D eigenvalue weighted by Crippen LogP contribution is 2.64. The standard InChI is InChI=1S/C34H26Cl2F3N5O6/c1-14-10-15(2-9-24(14)45)26-19-7-8-20-25(30(48)43(28(20)46)32(40)50)21(19)12-22-29(47)44(31(49)33(22,26)16-3-5-18(35)6-4-16)42-27-23(36)11-17(13-41-27)34(37,38)39/h2-7,9-11,13,20-22,25-26,45H,8,12H2,1H3,(H2,40,50)(H,41,42). The second-order valence-corrected chi connectivity index (χ2v) is 13.7. The molecule has 2 aliphatic heterocycles. The van der Waals surface area contributed by atoms with E-state index < -0.39 is 87.2 Å². The van der Waals surface area contributed by atoms with Gasteiger partial charge in [-0.25, -0.2) is 9.78 Å². The van der Waals surface area contributed by atoms with Gasteiger partial charge < -0.3 is 10.8 Å². The molecule has 2 saturated heterocycles. The highest BCUT2D eigenvalue weighted by atomic mass is 35.5. The first kappa shape index (κ1) is 33.5. The van der Waals surface area contributed by atoms with Crippen molar-refractivity contribution >= 4 is 58.7 Å². The molecule has 16 heteroatoms. The molecule has 11 nitrogen and oxygen atoms in total. The van der Waals surface area contributed by atoms with E-state index in [1.54, 1.807) is 49.4 Å². The number of hydrogen-bond donors (Lipinski definition) is 3. The van der Waals surface area contributed by atoms with Crippen LogP contribution in [0, 0.1) is 30.6 Å². The number of fused-ring (bicyclic) bond motifs is 4. The summed E-state index contributed by atoms with van der Waals surface area (Å²) in [6, 6.07) is 10.4. The van der Waals surface area contributed by atoms with E-state index in [1.165, 1.54) is 6.07 Å². The Morgan fingerprint density at radius 2 is 1.72 bits per heavy atom. The molecule has 2 aliphatic carbocycles. The average molecular weight is 729 g/mol. The third-order valence-electron chi connectivity index (χ3n) is 10.3. The number of benzene rings is 2. The molecule has 4 N–H and O–H groups in total. The molecule has 3 heterocycles. The Balaban J connectivity index is 1.44. The van der Waals surface area contributed by atoms with Crippen molar-refractivity contribution in [1.29, 1.82) is 0 Å². The van der Waals surface area contributed by atoms with Crippen molar-refractivity contribution in [3.63, 3.8) is 0 Å². The van der Waals surface area contributed by atoms with Gasteiger partial charge in [0.2, 0.25) is 11.8 Å². The van der Waals surface area contributed by atoms with Gasteiger partial charge >= 0.3 is 12.2 Å². The number of aromatic hydroxyl groups is 1. The van der Waals surface area contributed by atoms with E-state index >= 15 is 4.79 Å². The van der Waals surface area contributed by atoms with Crippen molar-refractivity contribution in [2.24, 2.45) is 29.4 Å². The summed E-state index contributed by atoms with van der Waals surface area (Å²) < 4.78 is 40.1. The number of anilines is 1. The number of amides is 6. The minimum atomic E-state index is -4.76. The molecule has 258 valence electrons. The molecule has 0 radical (unpaired) electrons. The minimum Gasteiger partial charge on any atom is -0.508 e. The normalized spacial score (nSPS) is 27.6. The summed E-state index contributed by atoms with van der Waals surface area (Å²) in [6.07, 6.45) is -2.59. The van der Waals surface area contributed by atoms with E-state index in [0.29, 0.717) is 49.5 Å². The van der Waals surface area contributed by atoms with Gasteiger partial charge in [0.05, 0.1) is 33.8 Å². The second kappa shape index (κ2) is 11.6. The Morgan fingerprint density at radius 1 is 1.02 bits per heavy atom. The van der Waals surface area contributed by atoms with Crippen LogP contribution >= 0.6 is 23.2 Å². The molecule has 2 aromatic carbocycles. The largest absolute Gasteiger partial charge is 0.508 e. The number of pyridine rings is 1. The third-order valence-corrected chi connectivity index (χ3v) is 10.9. The van der Waals surface area contributed by atoms with Crippen LogP contribution in [-0.2, 0) is 30.8 Å². The van der Waals surface area contributed by atoms with Crippen LogP contribution in [-0.4, -0.2) is 49.7 Å². The summed E-state index contributed by atoms with van der Waals surface area (Å²) in [5.74, 6) is -8.64. The lowest BCUT2D eigenvalue weighted by atomic mass is 9.49. The van der Waals surface area contributed by atoms with E-state index in [0.717, 1.165) is 0 Å². The lowest BCUT2D eigenvalue weighted by Crippen LogP contribution is -2.53. The van der Waals surface area contributed by atoms with E-state index in [4.69, 9.17) is 28.9 Å². The maximum atomic E-state index is 15.1. The molecule has 1 saturated carbocycles. The van der Waals surface area contributed by atoms with Crippen LogP contribution in [0.5, 0.6) is 5.75 Å². The number of rotatable bonds is 4. The third kappa shape index (κ3) is 4.79. The number of hydrazine groups is 1. The molecule has 0 bridgehead atoms. The molecule has 3 aromatic rings. The number of imide groups is 4. The van der Waals surface area contributed by atoms with Crippen LogP contribution in [0.4, 0.5) is 23.8 Å². The molecule has 0 spiro atoms. The summed E-state index contributed by atoms with van der Waals surface area (Å²) in [5, 5.41) is 10.9. The second-order valence-electron chi connectivity index (χ2n) is 12.8. The van der Waals surface area contributed by atoms with E-state index in [9.17, 15) is 37.5 Å². The topological polar surface area (TPSA) is 163 Å². The number of allylic oxidation sites excluding steroid dienone is 2. The summed E-state index contributed by atoms with van der Waals surface area (Å²) in [7, 11) is 0. The van der Waals surface area contributed by atoms with Crippen molar-refractivity contribution in [1.82, 2.24) is 14.9 Å². The number of urea groups is 1. The predicted octanol–water partition coefficient (Wildman–Crippen LogP) is 5.48. The Bertz CT molecular complexity index is 2060. The zero-order valence-electron chi connectivity index (χ0n) is 25.9. The fraction of sp³-hybridized carbons (Fsp3) is 0.294. The number of aromatic nitrogens is 1. The number of hydrogen-bond acceptors (Lipinski definition) is 8. The molecule has 1 aromatic heterocycles. The van der Waals surface area contributed by atoms with Crippen molar-refractivity contribution < 1.29 is 42.3 Å². The number of carbonyl (C=O) groups is 5. The minimum absolute atomic E-state index is 0.0367. The quantitative estimate of drug-likeness (QED) is 0.235. The Hall–Kier alpha value is -4.95. The smallest absolute Gasteiger partial charge is 0.417 e. The number of phenolic OH excluding ortho intramolecular Hbond substituents is 1. The SMILES string of the molecule is Cc1cc(C2C3=CCC4C(=O)N(C(N)=O)C(=O)C4C3CC3C(=O)N(Nc4ncc(C(F)(F)F)cc4Cl)C(=O)C32c2ccc(Cl)cc2)ccc1O. The first-order chi connectivity index (χ1) is 23.6. The number of alkyl halides is 3. The zero-order chi connectivity index (χ0) is 36.0. The zero-order valence-corrected chi connectivity index (χ0v) is 27.4. The van der Waals surface area contributed by atoms with Gasteiger partial charge in [0.1, 0.15) is 5.75 Å². The van der Waals surface area contributed by atoms with Gasteiger partial charge in [-0.3, -0.25) is 24.6 Å². The van der Waals surface area contributed by atoms with Gasteiger partial charge in [-0.1, -0.05) is 59.1 Å². The van der Waals surface area contributed by atoms with Crippen molar-refractivity contribution in [3.8, 4) is 5.75 Å². The Kier molecular flexibility index (Phi) is 7.75. The molecule has 6 atom stereocenters. The summed E-state index contributed by atoms with van der Waals surface area (Å²) >= 11 is 12.4. The fourth-order valence-electron chi connectivity index (χ4n) is 8.23. The maximum absolute atomic E-state index is 15.1. The molecule has 4 aliphatic rings. The number of carbonyl (C=O) groups excluding carboxylic acids is 5. The fourth-order valence-corrected chi connectivity index (χ4v) is 8.57. The number of aryl methyl sites for hydroxylation is 1. The molecule has 6 amide bonds. The molecular formula is C34H26Cl2F3N5O6. The van der Waals surface area contributed by atoms with Crippen LogP contribution in [0.2, 0.25) is 10.0 Å². The lowest BCUT2D eigenvalue weighted by Gasteiger charge is -2.50. The number of nitrogens with zero attached hydrogens (tertiary/aromatic N) is 3. The number of primary amides is 1. The predicted molar refractivity (Wildman–Crippen MR) is 171 cm³/mol. The first-order valence-corrected chi connectivity index (χ1v) is 16.1. The highest BCUT2D eigenvalue weighted by molar-refractivity contribution is 6.33. The van der Waals surface area contributed by atoms with Gasteiger partial charge in [-0.2, -0.15) is 23.1 Å². The number of nitrogens with one attached hydrogen (secondary N) is 1. The van der Waals surface area contributed by atoms with Crippen molar-refractivity contribution in [2.45, 2.75) is 37.3 Å². The van der Waals surface area contributed by atoms with Crippen LogP contribution in [0.3, 0.4) is 0 Å². The first-order valence-electron chi connectivity index (χ1n) is 15.4. The van der Waals surface area contributed by atoms with Gasteiger partial charge in [-0.05, 0) is 66.6 Å². The van der Waals surface area contributed by atoms with E-state index in [-0.39, 0.29) is 18.6 Å². The average Bonchev–Trinajstić information content (AvgIpc) is 3.44. The molecule has 50 heavy (non-hydrogen) atoms. The lowest BCUT2D eigenvalue weighted by molar-refractivity contribution is -0.140. The molecular weight excluding hydrogens is 702 g/mol. The van der Waals surface area contributed by atoms with Crippen LogP contribution in [0.15, 0.2) is 66.4 Å². The van der Waals surface area contributed by atoms with E-state index in [2.05, 4.69) is 10.4 Å². The summed E-state index contributed by atoms with van der Waals surface area (Å²) in [4.78, 5) is 73.0. The van der Waals surface area contributed by atoms with Crippen molar-refractivity contribution in [2.75, 3.05) is 5.43 Å². The van der Waals surface area contributed by atoms with E-state index in [1.807, 2.05) is 0 Å². The Labute approximate surface area is 291 Å².